The summed E-state index contributed by atoms with van der Waals surface area (Å²) in [6.07, 6.45) is 4.75. The first-order chi connectivity index (χ1) is 7.79. The van der Waals surface area contributed by atoms with Crippen LogP contribution in [0.2, 0.25) is 0 Å². The fraction of sp³-hybridized carbons (Fsp3) is 0.818. The summed E-state index contributed by atoms with van der Waals surface area (Å²) < 4.78 is 1.84. The lowest BCUT2D eigenvalue weighted by Crippen LogP contribution is -2.26. The number of hydrogen-bond acceptors (Lipinski definition) is 4. The summed E-state index contributed by atoms with van der Waals surface area (Å²) in [5.74, 6) is 1.79. The van der Waals surface area contributed by atoms with Gasteiger partial charge in [0.05, 0.1) is 12.2 Å². The Balaban J connectivity index is 1.60. The first-order valence-electron chi connectivity index (χ1n) is 6.09. The fourth-order valence-corrected chi connectivity index (χ4v) is 1.90. The van der Waals surface area contributed by atoms with E-state index in [0.29, 0.717) is 6.54 Å². The number of nitrogens with one attached hydrogen (secondary N) is 1. The Bertz CT molecular complexity index is 318. The maximum absolute atomic E-state index is 5.47. The number of aromatic nitrogens is 3. The van der Waals surface area contributed by atoms with E-state index in [4.69, 9.17) is 5.73 Å². The molecule has 90 valence electrons. The van der Waals surface area contributed by atoms with Crippen LogP contribution < -0.4 is 11.1 Å². The molecule has 1 aromatic rings. The maximum Gasteiger partial charge on any atom is 0.0962 e. The molecular weight excluding hydrogens is 202 g/mol. The van der Waals surface area contributed by atoms with Gasteiger partial charge in [-0.2, -0.15) is 0 Å². The van der Waals surface area contributed by atoms with Crippen LogP contribution in [-0.4, -0.2) is 28.1 Å². The summed E-state index contributed by atoms with van der Waals surface area (Å²) in [7, 11) is 0. The molecular formula is C11H21N5. The van der Waals surface area contributed by atoms with E-state index in [2.05, 4.69) is 22.6 Å². The van der Waals surface area contributed by atoms with E-state index in [0.717, 1.165) is 37.2 Å². The van der Waals surface area contributed by atoms with Gasteiger partial charge in [0.1, 0.15) is 0 Å². The van der Waals surface area contributed by atoms with Crippen molar-refractivity contribution >= 4 is 0 Å². The molecule has 0 amide bonds. The van der Waals surface area contributed by atoms with E-state index in [-0.39, 0.29) is 0 Å². The molecule has 3 N–H and O–H groups in total. The Morgan fingerprint density at radius 2 is 2.44 bits per heavy atom. The molecule has 2 rings (SSSR count). The molecule has 1 saturated carbocycles. The lowest BCUT2D eigenvalue weighted by atomic mass is 10.1. The van der Waals surface area contributed by atoms with Crippen LogP contribution in [0.15, 0.2) is 6.20 Å². The second kappa shape index (κ2) is 5.41. The number of hydrogen-bond donors (Lipinski definition) is 2. The zero-order valence-corrected chi connectivity index (χ0v) is 9.89. The minimum absolute atomic E-state index is 0.464. The van der Waals surface area contributed by atoms with Crippen molar-refractivity contribution in [1.29, 1.82) is 0 Å². The van der Waals surface area contributed by atoms with Crippen molar-refractivity contribution in [2.24, 2.45) is 17.6 Å². The van der Waals surface area contributed by atoms with Crippen LogP contribution in [-0.2, 0) is 13.1 Å². The van der Waals surface area contributed by atoms with Gasteiger partial charge in [-0.1, -0.05) is 12.1 Å². The van der Waals surface area contributed by atoms with Crippen LogP contribution in [0.3, 0.4) is 0 Å². The largest absolute Gasteiger partial charge is 0.325 e. The van der Waals surface area contributed by atoms with E-state index in [1.807, 2.05) is 10.9 Å². The smallest absolute Gasteiger partial charge is 0.0962 e. The molecule has 1 fully saturated rings. The Kier molecular flexibility index (Phi) is 3.90. The average molecular weight is 223 g/mol. The van der Waals surface area contributed by atoms with Crippen LogP contribution in [0, 0.1) is 11.8 Å². The summed E-state index contributed by atoms with van der Waals surface area (Å²) >= 11 is 0. The van der Waals surface area contributed by atoms with E-state index in [1.165, 1.54) is 12.8 Å². The van der Waals surface area contributed by atoms with Crippen LogP contribution in [0.25, 0.3) is 0 Å². The summed E-state index contributed by atoms with van der Waals surface area (Å²) in [6, 6.07) is 0. The molecule has 0 aromatic carbocycles. The SMILES string of the molecule is CC(CNCCn1cc(CN)nn1)C1CC1. The zero-order valence-electron chi connectivity index (χ0n) is 9.89. The molecule has 0 radical (unpaired) electrons. The fourth-order valence-electron chi connectivity index (χ4n) is 1.90. The van der Waals surface area contributed by atoms with Gasteiger partial charge in [-0.15, -0.1) is 5.10 Å². The summed E-state index contributed by atoms with van der Waals surface area (Å²) in [6.45, 7) is 5.72. The highest BCUT2D eigenvalue weighted by Crippen LogP contribution is 2.35. The predicted octanol–water partition coefficient (Wildman–Crippen LogP) is 0.372. The highest BCUT2D eigenvalue weighted by Gasteiger charge is 2.27. The normalized spacial score (nSPS) is 17.6. The molecule has 0 spiro atoms. The van der Waals surface area contributed by atoms with Gasteiger partial charge in [-0.3, -0.25) is 4.68 Å². The minimum atomic E-state index is 0.464. The van der Waals surface area contributed by atoms with Gasteiger partial charge in [-0.25, -0.2) is 0 Å². The van der Waals surface area contributed by atoms with Gasteiger partial charge in [0.2, 0.25) is 0 Å². The molecule has 5 nitrogen and oxygen atoms in total. The standard InChI is InChI=1S/C11H21N5/c1-9(10-2-3-10)7-13-4-5-16-8-11(6-12)14-15-16/h8-10,13H,2-7,12H2,1H3. The second-order valence-corrected chi connectivity index (χ2v) is 4.70. The van der Waals surface area contributed by atoms with Crippen LogP contribution in [0.1, 0.15) is 25.5 Å². The molecule has 1 aromatic heterocycles. The van der Waals surface area contributed by atoms with Crippen molar-refractivity contribution in [3.63, 3.8) is 0 Å². The van der Waals surface area contributed by atoms with Crippen molar-refractivity contribution in [1.82, 2.24) is 20.3 Å². The third-order valence-electron chi connectivity index (χ3n) is 3.21. The Hall–Kier alpha value is -0.940. The third-order valence-corrected chi connectivity index (χ3v) is 3.21. The first-order valence-corrected chi connectivity index (χ1v) is 6.09. The topological polar surface area (TPSA) is 68.8 Å². The van der Waals surface area contributed by atoms with Crippen LogP contribution >= 0.6 is 0 Å². The van der Waals surface area contributed by atoms with Gasteiger partial charge >= 0.3 is 0 Å². The minimum Gasteiger partial charge on any atom is -0.325 e. The second-order valence-electron chi connectivity index (χ2n) is 4.70. The third kappa shape index (κ3) is 3.28. The highest BCUT2D eigenvalue weighted by molar-refractivity contribution is 4.90. The zero-order chi connectivity index (χ0) is 11.4. The molecule has 0 saturated heterocycles. The number of nitrogens with zero attached hydrogens (tertiary/aromatic N) is 3. The molecule has 0 aliphatic heterocycles. The number of rotatable bonds is 7. The van der Waals surface area contributed by atoms with Gasteiger partial charge in [0, 0.05) is 19.3 Å². The molecule has 1 unspecified atom stereocenters. The Morgan fingerprint density at radius 1 is 1.62 bits per heavy atom. The van der Waals surface area contributed by atoms with E-state index >= 15 is 0 Å². The average Bonchev–Trinajstić information content (AvgIpc) is 3.04. The van der Waals surface area contributed by atoms with Gasteiger partial charge < -0.3 is 11.1 Å². The van der Waals surface area contributed by atoms with Crippen LogP contribution in [0.5, 0.6) is 0 Å². The first kappa shape index (κ1) is 11.5. The van der Waals surface area contributed by atoms with Crippen molar-refractivity contribution in [2.45, 2.75) is 32.9 Å². The van der Waals surface area contributed by atoms with E-state index in [1.54, 1.807) is 0 Å². The van der Waals surface area contributed by atoms with Crippen molar-refractivity contribution in [3.05, 3.63) is 11.9 Å². The van der Waals surface area contributed by atoms with Gasteiger partial charge in [-0.05, 0) is 31.2 Å². The molecule has 5 heteroatoms. The van der Waals surface area contributed by atoms with Crippen molar-refractivity contribution in [3.8, 4) is 0 Å². The summed E-state index contributed by atoms with van der Waals surface area (Å²) in [4.78, 5) is 0. The van der Waals surface area contributed by atoms with Crippen molar-refractivity contribution < 1.29 is 0 Å². The highest BCUT2D eigenvalue weighted by atomic mass is 15.4. The lowest BCUT2D eigenvalue weighted by molar-refractivity contribution is 0.444. The van der Waals surface area contributed by atoms with Gasteiger partial charge in [0.15, 0.2) is 0 Å². The van der Waals surface area contributed by atoms with E-state index < -0.39 is 0 Å². The Labute approximate surface area is 96.4 Å². The van der Waals surface area contributed by atoms with Crippen molar-refractivity contribution in [2.75, 3.05) is 13.1 Å². The monoisotopic (exact) mass is 223 g/mol. The molecule has 1 atom stereocenters. The van der Waals surface area contributed by atoms with Gasteiger partial charge in [0.25, 0.3) is 0 Å². The molecule has 16 heavy (non-hydrogen) atoms. The molecule has 0 bridgehead atoms. The molecule has 1 aliphatic rings. The quantitative estimate of drug-likeness (QED) is 0.655. The summed E-state index contributed by atoms with van der Waals surface area (Å²) in [5.41, 5.74) is 6.32. The number of nitrogens with two attached hydrogens (primary N) is 1. The van der Waals surface area contributed by atoms with E-state index in [9.17, 15) is 0 Å². The molecule has 1 aliphatic carbocycles. The lowest BCUT2D eigenvalue weighted by Gasteiger charge is -2.10. The Morgan fingerprint density at radius 3 is 3.06 bits per heavy atom. The van der Waals surface area contributed by atoms with Crippen LogP contribution in [0.4, 0.5) is 0 Å². The predicted molar refractivity (Wildman–Crippen MR) is 62.7 cm³/mol. The maximum atomic E-state index is 5.47. The molecule has 1 heterocycles. The summed E-state index contributed by atoms with van der Waals surface area (Å²) in [5, 5.41) is 11.4.